The lowest BCUT2D eigenvalue weighted by Crippen LogP contribution is -1.93. The smallest absolute Gasteiger partial charge is 0.163 e. The van der Waals surface area contributed by atoms with Crippen LogP contribution in [0.25, 0.3) is 20.4 Å². The maximum atomic E-state index is 5.88. The third kappa shape index (κ3) is 1.75. The van der Waals surface area contributed by atoms with Crippen LogP contribution in [-0.2, 0) is 7.05 Å². The minimum absolute atomic E-state index is 0.595. The minimum Gasteiger partial charge on any atom is -0.381 e. The molecule has 0 atom stereocenters. The van der Waals surface area contributed by atoms with E-state index < -0.39 is 0 Å². The van der Waals surface area contributed by atoms with Crippen LogP contribution < -0.4 is 5.73 Å². The molecule has 0 saturated carbocycles. The summed E-state index contributed by atoms with van der Waals surface area (Å²) in [4.78, 5) is 5.60. The molecular formula is C13H18N4S. The molecule has 3 rings (SSSR count). The quantitative estimate of drug-likeness (QED) is 0.675. The molecular weight excluding hydrogens is 244 g/mol. The molecule has 18 heavy (non-hydrogen) atoms. The van der Waals surface area contributed by atoms with Crippen LogP contribution in [0.3, 0.4) is 0 Å². The van der Waals surface area contributed by atoms with E-state index in [1.807, 2.05) is 32.5 Å². The fourth-order valence-corrected chi connectivity index (χ4v) is 3.38. The number of anilines is 1. The summed E-state index contributed by atoms with van der Waals surface area (Å²) >= 11 is 1.62. The second kappa shape index (κ2) is 4.57. The number of fused-ring (bicyclic) bond motifs is 3. The van der Waals surface area contributed by atoms with Gasteiger partial charge in [-0.1, -0.05) is 13.8 Å². The van der Waals surface area contributed by atoms with Gasteiger partial charge in [0.2, 0.25) is 0 Å². The van der Waals surface area contributed by atoms with Crippen LogP contribution in [0.15, 0.2) is 6.07 Å². The van der Waals surface area contributed by atoms with Crippen molar-refractivity contribution in [2.24, 2.45) is 7.05 Å². The lowest BCUT2D eigenvalue weighted by atomic mass is 10.1. The SMILES string of the molecule is CC.Cc1cc(C)c2c(n1)sc1c(N)nn(C)c12. The van der Waals surface area contributed by atoms with Gasteiger partial charge in [0, 0.05) is 18.1 Å². The van der Waals surface area contributed by atoms with Crippen molar-refractivity contribution in [3.63, 3.8) is 0 Å². The van der Waals surface area contributed by atoms with Crippen LogP contribution in [0.1, 0.15) is 25.1 Å². The van der Waals surface area contributed by atoms with E-state index in [1.165, 1.54) is 10.9 Å². The van der Waals surface area contributed by atoms with Gasteiger partial charge in [-0.15, -0.1) is 11.3 Å². The summed E-state index contributed by atoms with van der Waals surface area (Å²) in [5.41, 5.74) is 9.26. The van der Waals surface area contributed by atoms with Gasteiger partial charge < -0.3 is 5.73 Å². The van der Waals surface area contributed by atoms with E-state index in [0.717, 1.165) is 20.7 Å². The molecule has 0 aromatic carbocycles. The highest BCUT2D eigenvalue weighted by Gasteiger charge is 2.15. The Labute approximate surface area is 110 Å². The molecule has 0 spiro atoms. The first-order valence-electron chi connectivity index (χ1n) is 6.07. The van der Waals surface area contributed by atoms with Crippen LogP contribution in [0, 0.1) is 13.8 Å². The van der Waals surface area contributed by atoms with Crippen molar-refractivity contribution in [3.8, 4) is 0 Å². The Bertz CT molecular complexity index is 709. The summed E-state index contributed by atoms with van der Waals surface area (Å²) in [5.74, 6) is 0.595. The number of nitrogens with two attached hydrogens (primary N) is 1. The van der Waals surface area contributed by atoms with Crippen LogP contribution in [0.2, 0.25) is 0 Å². The molecule has 0 bridgehead atoms. The molecule has 0 unspecified atom stereocenters. The summed E-state index contributed by atoms with van der Waals surface area (Å²) in [6, 6.07) is 2.09. The van der Waals surface area contributed by atoms with E-state index in [-0.39, 0.29) is 0 Å². The van der Waals surface area contributed by atoms with Gasteiger partial charge >= 0.3 is 0 Å². The zero-order chi connectivity index (χ0) is 13.4. The van der Waals surface area contributed by atoms with Crippen molar-refractivity contribution in [1.82, 2.24) is 14.8 Å². The van der Waals surface area contributed by atoms with Gasteiger partial charge in [-0.05, 0) is 25.5 Å². The molecule has 3 heterocycles. The molecule has 5 heteroatoms. The maximum absolute atomic E-state index is 5.88. The zero-order valence-electron chi connectivity index (χ0n) is 11.4. The third-order valence-electron chi connectivity index (χ3n) is 2.78. The summed E-state index contributed by atoms with van der Waals surface area (Å²) in [7, 11) is 1.92. The number of thiophene rings is 1. The Balaban J connectivity index is 0.000000574. The highest BCUT2D eigenvalue weighted by molar-refractivity contribution is 7.26. The summed E-state index contributed by atoms with van der Waals surface area (Å²) < 4.78 is 2.88. The van der Waals surface area contributed by atoms with Crippen LogP contribution in [0.5, 0.6) is 0 Å². The Morgan fingerprint density at radius 2 is 1.94 bits per heavy atom. The number of rotatable bonds is 0. The molecule has 3 aromatic rings. The lowest BCUT2D eigenvalue weighted by molar-refractivity contribution is 0.804. The standard InChI is InChI=1S/C11H12N4S.C2H6/c1-5-4-6(2)13-11-7(5)8-9(16-11)10(12)14-15(8)3;1-2/h4H,1-3H3,(H2,12,14);1-2H3. The number of aryl methyl sites for hydroxylation is 3. The first-order chi connectivity index (χ1) is 8.58. The number of nitrogens with zero attached hydrogens (tertiary/aromatic N) is 3. The van der Waals surface area contributed by atoms with Crippen molar-refractivity contribution < 1.29 is 0 Å². The van der Waals surface area contributed by atoms with E-state index >= 15 is 0 Å². The van der Waals surface area contributed by atoms with Crippen LogP contribution >= 0.6 is 11.3 Å². The first-order valence-corrected chi connectivity index (χ1v) is 6.88. The molecule has 0 aliphatic heterocycles. The van der Waals surface area contributed by atoms with Crippen molar-refractivity contribution in [1.29, 1.82) is 0 Å². The van der Waals surface area contributed by atoms with E-state index in [1.54, 1.807) is 11.3 Å². The second-order valence-corrected chi connectivity index (χ2v) is 5.05. The van der Waals surface area contributed by atoms with Crippen molar-refractivity contribution in [2.75, 3.05) is 5.73 Å². The molecule has 2 N–H and O–H groups in total. The molecule has 0 aliphatic carbocycles. The largest absolute Gasteiger partial charge is 0.381 e. The van der Waals surface area contributed by atoms with Gasteiger partial charge in [-0.3, -0.25) is 4.68 Å². The summed E-state index contributed by atoms with van der Waals surface area (Å²) in [6.45, 7) is 8.12. The average molecular weight is 262 g/mol. The fraction of sp³-hybridized carbons (Fsp3) is 0.385. The highest BCUT2D eigenvalue weighted by Crippen LogP contribution is 2.37. The number of aromatic nitrogens is 3. The fourth-order valence-electron chi connectivity index (χ4n) is 2.16. The van der Waals surface area contributed by atoms with E-state index in [9.17, 15) is 0 Å². The molecule has 0 radical (unpaired) electrons. The van der Waals surface area contributed by atoms with Crippen molar-refractivity contribution >= 4 is 37.6 Å². The van der Waals surface area contributed by atoms with Gasteiger partial charge in [-0.2, -0.15) is 5.10 Å². The Hall–Kier alpha value is -1.62. The maximum Gasteiger partial charge on any atom is 0.163 e. The second-order valence-electron chi connectivity index (χ2n) is 4.05. The third-order valence-corrected chi connectivity index (χ3v) is 3.87. The van der Waals surface area contributed by atoms with E-state index in [0.29, 0.717) is 5.82 Å². The highest BCUT2D eigenvalue weighted by atomic mass is 32.1. The van der Waals surface area contributed by atoms with Crippen molar-refractivity contribution in [3.05, 3.63) is 17.3 Å². The van der Waals surface area contributed by atoms with Gasteiger partial charge in [0.15, 0.2) is 5.82 Å². The normalized spacial score (nSPS) is 10.7. The van der Waals surface area contributed by atoms with Crippen LogP contribution in [0.4, 0.5) is 5.82 Å². The van der Waals surface area contributed by atoms with Crippen LogP contribution in [-0.4, -0.2) is 14.8 Å². The summed E-state index contributed by atoms with van der Waals surface area (Å²) in [6.07, 6.45) is 0. The van der Waals surface area contributed by atoms with Gasteiger partial charge in [-0.25, -0.2) is 4.98 Å². The number of hydrogen-bond donors (Lipinski definition) is 1. The number of pyridine rings is 1. The molecule has 0 saturated heterocycles. The summed E-state index contributed by atoms with van der Waals surface area (Å²) in [5, 5.41) is 5.42. The lowest BCUT2D eigenvalue weighted by Gasteiger charge is -1.99. The van der Waals surface area contributed by atoms with Gasteiger partial charge in [0.05, 0.1) is 10.2 Å². The van der Waals surface area contributed by atoms with Crippen molar-refractivity contribution in [2.45, 2.75) is 27.7 Å². The predicted octanol–water partition coefficient (Wildman–Crippen LogP) is 3.41. The molecule has 0 amide bonds. The average Bonchev–Trinajstić information content (AvgIpc) is 2.81. The van der Waals surface area contributed by atoms with E-state index in [4.69, 9.17) is 5.73 Å². The topological polar surface area (TPSA) is 56.7 Å². The molecule has 4 nitrogen and oxygen atoms in total. The Morgan fingerprint density at radius 3 is 2.61 bits per heavy atom. The van der Waals surface area contributed by atoms with Gasteiger partial charge in [0.25, 0.3) is 0 Å². The molecule has 0 aliphatic rings. The molecule has 3 aromatic heterocycles. The van der Waals surface area contributed by atoms with Gasteiger partial charge in [0.1, 0.15) is 4.83 Å². The number of hydrogen-bond acceptors (Lipinski definition) is 4. The molecule has 96 valence electrons. The zero-order valence-corrected chi connectivity index (χ0v) is 12.2. The predicted molar refractivity (Wildman–Crippen MR) is 79.1 cm³/mol. The Kier molecular flexibility index (Phi) is 3.26. The monoisotopic (exact) mass is 262 g/mol. The Morgan fingerprint density at radius 1 is 1.28 bits per heavy atom. The molecule has 0 fully saturated rings. The first kappa shape index (κ1) is 12.8. The minimum atomic E-state index is 0.595. The number of nitrogen functional groups attached to an aromatic ring is 1. The van der Waals surface area contributed by atoms with E-state index in [2.05, 4.69) is 23.1 Å².